The van der Waals surface area contributed by atoms with Crippen LogP contribution in [-0.2, 0) is 6.54 Å². The third-order valence-corrected chi connectivity index (χ3v) is 4.82. The average Bonchev–Trinajstić information content (AvgIpc) is 2.89. The smallest absolute Gasteiger partial charge is 0.383 e. The van der Waals surface area contributed by atoms with E-state index in [4.69, 9.17) is 0 Å². The van der Waals surface area contributed by atoms with Crippen LogP contribution in [0.4, 0.5) is 18.0 Å². The van der Waals surface area contributed by atoms with Gasteiger partial charge in [-0.05, 0) is 37.8 Å². The zero-order valence-corrected chi connectivity index (χ0v) is 13.0. The maximum absolute atomic E-state index is 12.5. The first-order valence-electron chi connectivity index (χ1n) is 7.10. The summed E-state index contributed by atoms with van der Waals surface area (Å²) in [6.45, 7) is 2.86. The van der Waals surface area contributed by atoms with Crippen LogP contribution in [0.5, 0.6) is 0 Å². The van der Waals surface area contributed by atoms with Crippen molar-refractivity contribution in [2.45, 2.75) is 38.6 Å². The van der Waals surface area contributed by atoms with Gasteiger partial charge in [0.25, 0.3) is 0 Å². The van der Waals surface area contributed by atoms with Gasteiger partial charge in [-0.2, -0.15) is 13.2 Å². The number of rotatable bonds is 3. The molecule has 1 atom stereocenters. The lowest BCUT2D eigenvalue weighted by molar-refractivity contribution is -0.222. The molecule has 2 amide bonds. The molecule has 0 aromatic carbocycles. The van der Waals surface area contributed by atoms with E-state index in [1.807, 2.05) is 19.1 Å². The molecule has 1 fully saturated rings. The van der Waals surface area contributed by atoms with Gasteiger partial charge in [0.2, 0.25) is 0 Å². The van der Waals surface area contributed by atoms with Gasteiger partial charge in [0.1, 0.15) is 0 Å². The Morgan fingerprint density at radius 2 is 2.09 bits per heavy atom. The number of nitrogens with one attached hydrogen (secondary N) is 1. The number of aryl methyl sites for hydroxylation is 1. The third-order valence-electron chi connectivity index (χ3n) is 3.82. The summed E-state index contributed by atoms with van der Waals surface area (Å²) in [5, 5.41) is 12.0. The van der Waals surface area contributed by atoms with E-state index in [-0.39, 0.29) is 32.0 Å². The molecule has 0 spiro atoms. The fraction of sp³-hybridized carbons (Fsp3) is 0.643. The number of halogens is 3. The number of carbonyl (C=O) groups excluding carboxylic acids is 1. The van der Waals surface area contributed by atoms with Crippen LogP contribution in [0.1, 0.15) is 22.6 Å². The van der Waals surface area contributed by atoms with Crippen LogP contribution in [0.25, 0.3) is 0 Å². The van der Waals surface area contributed by atoms with Crippen molar-refractivity contribution >= 4 is 17.4 Å². The highest BCUT2D eigenvalue weighted by Gasteiger charge is 2.44. The number of piperidine rings is 1. The van der Waals surface area contributed by atoms with Crippen LogP contribution >= 0.6 is 11.3 Å². The Balaban J connectivity index is 1.77. The molecule has 1 aliphatic heterocycles. The van der Waals surface area contributed by atoms with Crippen LogP contribution in [0, 0.1) is 12.8 Å². The molecular formula is C14H19F3N2O2S. The van der Waals surface area contributed by atoms with Gasteiger partial charge in [-0.25, -0.2) is 4.79 Å². The van der Waals surface area contributed by atoms with E-state index in [1.54, 1.807) is 11.3 Å². The normalized spacial score (nSPS) is 18.3. The number of nitrogens with zero attached hydrogens (tertiary/aromatic N) is 1. The number of carbonyl (C=O) groups is 1. The topological polar surface area (TPSA) is 52.6 Å². The van der Waals surface area contributed by atoms with Gasteiger partial charge in [-0.3, -0.25) is 0 Å². The quantitative estimate of drug-likeness (QED) is 0.892. The van der Waals surface area contributed by atoms with Crippen LogP contribution in [0.3, 0.4) is 0 Å². The third kappa shape index (κ3) is 4.36. The molecule has 1 saturated heterocycles. The van der Waals surface area contributed by atoms with Crippen LogP contribution < -0.4 is 5.32 Å². The molecule has 2 heterocycles. The summed E-state index contributed by atoms with van der Waals surface area (Å²) in [6.07, 6.45) is -6.57. The predicted octanol–water partition coefficient (Wildman–Crippen LogP) is 2.90. The highest BCUT2D eigenvalue weighted by atomic mass is 32.1. The Morgan fingerprint density at radius 3 is 2.59 bits per heavy atom. The number of aliphatic hydroxyl groups excluding tert-OH is 1. The molecule has 0 bridgehead atoms. The van der Waals surface area contributed by atoms with E-state index in [0.717, 1.165) is 9.75 Å². The molecule has 1 unspecified atom stereocenters. The first-order valence-corrected chi connectivity index (χ1v) is 7.92. The van der Waals surface area contributed by atoms with Crippen molar-refractivity contribution in [2.24, 2.45) is 5.92 Å². The average molecular weight is 336 g/mol. The lowest BCUT2D eigenvalue weighted by Gasteiger charge is -2.34. The number of hydrogen-bond acceptors (Lipinski definition) is 3. The first-order chi connectivity index (χ1) is 10.3. The summed E-state index contributed by atoms with van der Waals surface area (Å²) in [7, 11) is 0. The van der Waals surface area contributed by atoms with Gasteiger partial charge in [0, 0.05) is 22.8 Å². The van der Waals surface area contributed by atoms with Gasteiger partial charge >= 0.3 is 12.2 Å². The number of aliphatic hydroxyl groups is 1. The van der Waals surface area contributed by atoms with Crippen molar-refractivity contribution in [2.75, 3.05) is 13.1 Å². The van der Waals surface area contributed by atoms with E-state index in [1.165, 1.54) is 4.90 Å². The lowest BCUT2D eigenvalue weighted by atomic mass is 9.91. The summed E-state index contributed by atoms with van der Waals surface area (Å²) in [5.74, 6) is -0.830. The van der Waals surface area contributed by atoms with Crippen molar-refractivity contribution in [1.82, 2.24) is 10.2 Å². The minimum atomic E-state index is -4.59. The highest BCUT2D eigenvalue weighted by molar-refractivity contribution is 7.11. The van der Waals surface area contributed by atoms with Crippen LogP contribution in [0.2, 0.25) is 0 Å². The maximum Gasteiger partial charge on any atom is 0.414 e. The number of likely N-dealkylation sites (tertiary alicyclic amines) is 1. The molecule has 4 nitrogen and oxygen atoms in total. The van der Waals surface area contributed by atoms with Crippen LogP contribution in [-0.4, -0.2) is 41.4 Å². The van der Waals surface area contributed by atoms with Crippen molar-refractivity contribution in [3.05, 3.63) is 21.9 Å². The second-order valence-electron chi connectivity index (χ2n) is 5.48. The Kier molecular flexibility index (Phi) is 5.33. The molecule has 0 saturated carbocycles. The second-order valence-corrected chi connectivity index (χ2v) is 6.85. The van der Waals surface area contributed by atoms with Gasteiger partial charge in [0.15, 0.2) is 6.10 Å². The van der Waals surface area contributed by atoms with Gasteiger partial charge < -0.3 is 15.3 Å². The summed E-state index contributed by atoms with van der Waals surface area (Å²) in [5.41, 5.74) is 0. The minimum Gasteiger partial charge on any atom is -0.383 e. The molecule has 1 aromatic heterocycles. The summed E-state index contributed by atoms with van der Waals surface area (Å²) in [6, 6.07) is 3.63. The van der Waals surface area contributed by atoms with Gasteiger partial charge in [0.05, 0.1) is 6.54 Å². The number of hydrogen-bond donors (Lipinski definition) is 2. The fourth-order valence-corrected chi connectivity index (χ4v) is 3.37. The van der Waals surface area contributed by atoms with E-state index in [0.29, 0.717) is 6.54 Å². The van der Waals surface area contributed by atoms with E-state index >= 15 is 0 Å². The molecular weight excluding hydrogens is 317 g/mol. The zero-order valence-electron chi connectivity index (χ0n) is 12.2. The Labute approximate surface area is 130 Å². The molecule has 2 rings (SSSR count). The molecule has 0 radical (unpaired) electrons. The molecule has 124 valence electrons. The SMILES string of the molecule is Cc1ccc(CNC(=O)N2CCC(C(O)C(F)(F)F)CC2)s1. The lowest BCUT2D eigenvalue weighted by Crippen LogP contribution is -2.48. The van der Waals surface area contributed by atoms with E-state index < -0.39 is 18.2 Å². The number of alkyl halides is 3. The fourth-order valence-electron chi connectivity index (χ4n) is 2.54. The minimum absolute atomic E-state index is 0.159. The molecule has 0 aliphatic carbocycles. The van der Waals surface area contributed by atoms with E-state index in [2.05, 4.69) is 5.32 Å². The molecule has 1 aromatic rings. The van der Waals surface area contributed by atoms with Gasteiger partial charge in [-0.15, -0.1) is 11.3 Å². The standard InChI is InChI=1S/C14H19F3N2O2S/c1-9-2-3-11(22-9)8-18-13(21)19-6-4-10(5-7-19)12(20)14(15,16)17/h2-3,10,12,20H,4-8H2,1H3,(H,18,21). The number of thiophene rings is 1. The van der Waals surface area contributed by atoms with Crippen molar-refractivity contribution in [1.29, 1.82) is 0 Å². The van der Waals surface area contributed by atoms with Crippen molar-refractivity contribution < 1.29 is 23.1 Å². The maximum atomic E-state index is 12.5. The van der Waals surface area contributed by atoms with Crippen molar-refractivity contribution in [3.8, 4) is 0 Å². The molecule has 8 heteroatoms. The Bertz CT molecular complexity index is 510. The van der Waals surface area contributed by atoms with Crippen molar-refractivity contribution in [3.63, 3.8) is 0 Å². The molecule has 1 aliphatic rings. The number of amides is 2. The highest BCUT2D eigenvalue weighted by Crippen LogP contribution is 2.31. The Morgan fingerprint density at radius 1 is 1.45 bits per heavy atom. The van der Waals surface area contributed by atoms with Gasteiger partial charge in [-0.1, -0.05) is 0 Å². The second kappa shape index (κ2) is 6.87. The molecule has 22 heavy (non-hydrogen) atoms. The summed E-state index contributed by atoms with van der Waals surface area (Å²) >= 11 is 1.59. The Hall–Kier alpha value is -1.28. The monoisotopic (exact) mass is 336 g/mol. The van der Waals surface area contributed by atoms with E-state index in [9.17, 15) is 23.1 Å². The zero-order chi connectivity index (χ0) is 16.3. The molecule has 2 N–H and O–H groups in total. The van der Waals surface area contributed by atoms with Crippen LogP contribution in [0.15, 0.2) is 12.1 Å². The summed E-state index contributed by atoms with van der Waals surface area (Å²) < 4.78 is 37.4. The summed E-state index contributed by atoms with van der Waals surface area (Å²) in [4.78, 5) is 15.7. The largest absolute Gasteiger partial charge is 0.414 e. The number of urea groups is 1. The first kappa shape index (κ1) is 17.1. The predicted molar refractivity (Wildman–Crippen MR) is 77.7 cm³/mol.